The number of hydrogen-bond donors (Lipinski definition) is 3. The van der Waals surface area contributed by atoms with Crippen molar-refractivity contribution in [3.05, 3.63) is 41.6 Å². The van der Waals surface area contributed by atoms with Crippen molar-refractivity contribution in [2.24, 2.45) is 0 Å². The lowest BCUT2D eigenvalue weighted by Crippen LogP contribution is -2.27. The van der Waals surface area contributed by atoms with Crippen LogP contribution < -0.4 is 10.2 Å². The molecule has 9 nitrogen and oxygen atoms in total. The average molecular weight is 412 g/mol. The maximum atomic E-state index is 12.8. The molecule has 1 aromatic heterocycles. The zero-order chi connectivity index (χ0) is 21.8. The third-order valence-electron chi connectivity index (χ3n) is 3.68. The van der Waals surface area contributed by atoms with Crippen LogP contribution in [0.4, 0.5) is 24.8 Å². The molecule has 12 heteroatoms. The van der Waals surface area contributed by atoms with Crippen LogP contribution in [0.25, 0.3) is 0 Å². The number of aromatic hydroxyl groups is 1. The van der Waals surface area contributed by atoms with Crippen molar-refractivity contribution in [3.63, 3.8) is 0 Å². The molecule has 3 N–H and O–H groups in total. The summed E-state index contributed by atoms with van der Waals surface area (Å²) < 4.78 is 38.5. The first-order valence-electron chi connectivity index (χ1n) is 8.02. The summed E-state index contributed by atoms with van der Waals surface area (Å²) >= 11 is 0. The van der Waals surface area contributed by atoms with Gasteiger partial charge in [0.15, 0.2) is 0 Å². The minimum atomic E-state index is -4.59. The van der Waals surface area contributed by atoms with Crippen molar-refractivity contribution in [2.75, 3.05) is 17.3 Å². The number of carbonyl (C=O) groups is 3. The minimum Gasteiger partial charge on any atom is -0.493 e. The predicted octanol–water partition coefficient (Wildman–Crippen LogP) is 2.28. The van der Waals surface area contributed by atoms with Gasteiger partial charge in [0, 0.05) is 25.4 Å². The number of benzene rings is 1. The number of carbonyl (C=O) groups excluding carboxylic acids is 2. The number of alkyl halides is 3. The maximum Gasteiger partial charge on any atom is 0.416 e. The van der Waals surface area contributed by atoms with Crippen LogP contribution >= 0.6 is 0 Å². The van der Waals surface area contributed by atoms with Crippen LogP contribution in [0.5, 0.6) is 5.88 Å². The Morgan fingerprint density at radius 1 is 1.21 bits per heavy atom. The lowest BCUT2D eigenvalue weighted by molar-refractivity contribution is -0.138. The number of amides is 2. The Balaban J connectivity index is 2.17. The van der Waals surface area contributed by atoms with Gasteiger partial charge in [-0.3, -0.25) is 19.7 Å². The SMILES string of the molecule is CN(C(=O)c1cnc(NC(=O)CCC(=O)O)nc1O)c1cccc(C(F)(F)F)c1. The molecule has 0 fully saturated rings. The van der Waals surface area contributed by atoms with Crippen molar-refractivity contribution in [1.29, 1.82) is 0 Å². The van der Waals surface area contributed by atoms with Gasteiger partial charge in [-0.2, -0.15) is 18.2 Å². The molecule has 2 aromatic rings. The van der Waals surface area contributed by atoms with Gasteiger partial charge in [-0.15, -0.1) is 0 Å². The zero-order valence-electron chi connectivity index (χ0n) is 14.9. The van der Waals surface area contributed by atoms with Crippen LogP contribution in [0.2, 0.25) is 0 Å². The average Bonchev–Trinajstić information content (AvgIpc) is 2.65. The Morgan fingerprint density at radius 3 is 2.48 bits per heavy atom. The molecule has 0 aliphatic rings. The summed E-state index contributed by atoms with van der Waals surface area (Å²) in [5, 5.41) is 20.6. The summed E-state index contributed by atoms with van der Waals surface area (Å²) in [5.41, 5.74) is -1.43. The van der Waals surface area contributed by atoms with E-state index >= 15 is 0 Å². The lowest BCUT2D eigenvalue weighted by atomic mass is 10.1. The fourth-order valence-corrected chi connectivity index (χ4v) is 2.18. The minimum absolute atomic E-state index is 0.0738. The maximum absolute atomic E-state index is 12.8. The van der Waals surface area contributed by atoms with Gasteiger partial charge in [-0.25, -0.2) is 4.98 Å². The smallest absolute Gasteiger partial charge is 0.416 e. The van der Waals surface area contributed by atoms with Crippen LogP contribution in [-0.2, 0) is 15.8 Å². The van der Waals surface area contributed by atoms with Gasteiger partial charge >= 0.3 is 12.1 Å². The molecule has 0 saturated carbocycles. The summed E-state index contributed by atoms with van der Waals surface area (Å²) in [5.74, 6) is -3.95. The van der Waals surface area contributed by atoms with Crippen LogP contribution in [0.1, 0.15) is 28.8 Å². The molecule has 154 valence electrons. The van der Waals surface area contributed by atoms with Crippen LogP contribution in [0.15, 0.2) is 30.5 Å². The highest BCUT2D eigenvalue weighted by Crippen LogP contribution is 2.32. The first-order valence-corrected chi connectivity index (χ1v) is 8.02. The van der Waals surface area contributed by atoms with Gasteiger partial charge in [0.05, 0.1) is 12.0 Å². The van der Waals surface area contributed by atoms with Crippen molar-refractivity contribution in [1.82, 2.24) is 9.97 Å². The molecule has 0 radical (unpaired) electrons. The molecule has 29 heavy (non-hydrogen) atoms. The largest absolute Gasteiger partial charge is 0.493 e. The van der Waals surface area contributed by atoms with Crippen molar-refractivity contribution < 1.29 is 37.8 Å². The Hall–Kier alpha value is -3.70. The van der Waals surface area contributed by atoms with E-state index < -0.39 is 47.4 Å². The molecular weight excluding hydrogens is 397 g/mol. The van der Waals surface area contributed by atoms with Gasteiger partial charge < -0.3 is 15.1 Å². The van der Waals surface area contributed by atoms with E-state index in [1.165, 1.54) is 13.1 Å². The molecule has 0 saturated heterocycles. The first-order chi connectivity index (χ1) is 13.5. The first kappa shape index (κ1) is 21.6. The molecule has 0 aliphatic heterocycles. The van der Waals surface area contributed by atoms with E-state index in [4.69, 9.17) is 5.11 Å². The molecule has 1 heterocycles. The van der Waals surface area contributed by atoms with Crippen LogP contribution in [-0.4, -0.2) is 45.0 Å². The third-order valence-corrected chi connectivity index (χ3v) is 3.68. The predicted molar refractivity (Wildman–Crippen MR) is 93.4 cm³/mol. The van der Waals surface area contributed by atoms with Crippen molar-refractivity contribution in [3.8, 4) is 5.88 Å². The number of hydrogen-bond acceptors (Lipinski definition) is 6. The number of carboxylic acid groups (broad SMARTS) is 1. The fraction of sp³-hybridized carbons (Fsp3) is 0.235. The van der Waals surface area contributed by atoms with E-state index in [0.29, 0.717) is 0 Å². The normalized spacial score (nSPS) is 11.0. The number of rotatable bonds is 6. The topological polar surface area (TPSA) is 133 Å². The monoisotopic (exact) mass is 412 g/mol. The molecule has 2 rings (SSSR count). The zero-order valence-corrected chi connectivity index (χ0v) is 14.9. The van der Waals surface area contributed by atoms with E-state index in [1.54, 1.807) is 0 Å². The number of nitrogens with one attached hydrogen (secondary N) is 1. The Labute approximate surface area is 161 Å². The number of halogens is 3. The molecule has 1 aromatic carbocycles. The molecular formula is C17H15F3N4O5. The van der Waals surface area contributed by atoms with Gasteiger partial charge in [0.2, 0.25) is 17.7 Å². The second-order valence-electron chi connectivity index (χ2n) is 5.79. The van der Waals surface area contributed by atoms with Gasteiger partial charge in [-0.1, -0.05) is 6.07 Å². The van der Waals surface area contributed by atoms with E-state index in [9.17, 15) is 32.7 Å². The molecule has 0 spiro atoms. The fourth-order valence-electron chi connectivity index (χ4n) is 2.18. The number of aromatic nitrogens is 2. The highest BCUT2D eigenvalue weighted by atomic mass is 19.4. The number of anilines is 2. The quantitative estimate of drug-likeness (QED) is 0.663. The Kier molecular flexibility index (Phi) is 6.36. The van der Waals surface area contributed by atoms with Gasteiger partial charge in [0.25, 0.3) is 5.91 Å². The summed E-state index contributed by atoms with van der Waals surface area (Å²) in [6.07, 6.45) is -4.47. The Bertz CT molecular complexity index is 949. The number of nitrogens with zero attached hydrogens (tertiary/aromatic N) is 3. The molecule has 0 bridgehead atoms. The molecule has 2 amide bonds. The molecule has 0 unspecified atom stereocenters. The third kappa shape index (κ3) is 5.64. The number of carboxylic acids is 1. The van der Waals surface area contributed by atoms with Gasteiger partial charge in [-0.05, 0) is 18.2 Å². The van der Waals surface area contributed by atoms with Crippen molar-refractivity contribution in [2.45, 2.75) is 19.0 Å². The highest BCUT2D eigenvalue weighted by molar-refractivity contribution is 6.07. The summed E-state index contributed by atoms with van der Waals surface area (Å²) in [6.45, 7) is 0. The molecule has 0 atom stereocenters. The van der Waals surface area contributed by atoms with Gasteiger partial charge in [0.1, 0.15) is 5.56 Å². The standard InChI is InChI=1S/C17H15F3N4O5/c1-24(10-4-2-3-9(7-10)17(18,19)20)15(29)11-8-21-16(23-14(11)28)22-12(25)5-6-13(26)27/h2-4,7-8H,5-6H2,1H3,(H,26,27)(H2,21,22,23,25,28). The van der Waals surface area contributed by atoms with E-state index in [-0.39, 0.29) is 18.1 Å². The van der Waals surface area contributed by atoms with E-state index in [1.807, 2.05) is 0 Å². The second kappa shape index (κ2) is 8.54. The highest BCUT2D eigenvalue weighted by Gasteiger charge is 2.31. The lowest BCUT2D eigenvalue weighted by Gasteiger charge is -2.19. The second-order valence-corrected chi connectivity index (χ2v) is 5.79. The van der Waals surface area contributed by atoms with Crippen LogP contribution in [0, 0.1) is 0 Å². The molecule has 0 aliphatic carbocycles. The van der Waals surface area contributed by atoms with Crippen LogP contribution in [0.3, 0.4) is 0 Å². The van der Waals surface area contributed by atoms with E-state index in [0.717, 1.165) is 29.3 Å². The Morgan fingerprint density at radius 2 is 1.90 bits per heavy atom. The number of aliphatic carboxylic acids is 1. The van der Waals surface area contributed by atoms with E-state index in [2.05, 4.69) is 15.3 Å². The summed E-state index contributed by atoms with van der Waals surface area (Å²) in [6, 6.07) is 4.03. The summed E-state index contributed by atoms with van der Waals surface area (Å²) in [4.78, 5) is 42.6. The summed E-state index contributed by atoms with van der Waals surface area (Å²) in [7, 11) is 1.21. The van der Waals surface area contributed by atoms with Crippen molar-refractivity contribution >= 4 is 29.4 Å².